The minimum absolute atomic E-state index is 0.271. The summed E-state index contributed by atoms with van der Waals surface area (Å²) < 4.78 is 2.20. The maximum atomic E-state index is 4.94. The Kier molecular flexibility index (Phi) is 5.68. The van der Waals surface area contributed by atoms with Gasteiger partial charge in [-0.1, -0.05) is 91.0 Å². The second-order valence-electron chi connectivity index (χ2n) is 8.32. The molecular formula is C28H28N3P. The van der Waals surface area contributed by atoms with E-state index < -0.39 is 7.92 Å². The highest BCUT2D eigenvalue weighted by molar-refractivity contribution is 7.76. The van der Waals surface area contributed by atoms with Gasteiger partial charge in [0.15, 0.2) is 0 Å². The van der Waals surface area contributed by atoms with Crippen molar-refractivity contribution in [3.8, 4) is 0 Å². The van der Waals surface area contributed by atoms with Crippen molar-refractivity contribution in [3.05, 3.63) is 108 Å². The highest BCUT2D eigenvalue weighted by Crippen LogP contribution is 2.50. The van der Waals surface area contributed by atoms with Crippen molar-refractivity contribution in [3.63, 3.8) is 0 Å². The zero-order valence-electron chi connectivity index (χ0n) is 18.8. The van der Waals surface area contributed by atoms with E-state index >= 15 is 0 Å². The molecule has 4 heteroatoms. The van der Waals surface area contributed by atoms with Crippen LogP contribution in [0.15, 0.2) is 108 Å². The van der Waals surface area contributed by atoms with Gasteiger partial charge in [0.2, 0.25) is 5.95 Å². The van der Waals surface area contributed by atoms with Crippen LogP contribution in [0.2, 0.25) is 0 Å². The fraction of sp³-hybridized carbons (Fsp3) is 0.179. The van der Waals surface area contributed by atoms with E-state index in [1.54, 1.807) is 0 Å². The fourth-order valence-corrected chi connectivity index (χ4v) is 7.26. The predicted molar refractivity (Wildman–Crippen MR) is 138 cm³/mol. The van der Waals surface area contributed by atoms with E-state index in [1.165, 1.54) is 15.9 Å². The van der Waals surface area contributed by atoms with Crippen LogP contribution in [0, 0.1) is 5.92 Å². The van der Waals surface area contributed by atoms with Gasteiger partial charge < -0.3 is 9.47 Å². The summed E-state index contributed by atoms with van der Waals surface area (Å²) in [5.41, 5.74) is 2.20. The van der Waals surface area contributed by atoms with Crippen molar-refractivity contribution >= 4 is 35.5 Å². The number of imidazole rings is 1. The third-order valence-electron chi connectivity index (χ3n) is 6.42. The van der Waals surface area contributed by atoms with E-state index in [9.17, 15) is 0 Å². The third-order valence-corrected chi connectivity index (χ3v) is 9.02. The van der Waals surface area contributed by atoms with Crippen molar-refractivity contribution < 1.29 is 0 Å². The van der Waals surface area contributed by atoms with Crippen molar-refractivity contribution in [1.29, 1.82) is 0 Å². The Morgan fingerprint density at radius 3 is 2.09 bits per heavy atom. The van der Waals surface area contributed by atoms with Crippen LogP contribution in [0.3, 0.4) is 0 Å². The molecule has 0 fully saturated rings. The average Bonchev–Trinajstić information content (AvgIpc) is 3.45. The van der Waals surface area contributed by atoms with Gasteiger partial charge in [-0.15, -0.1) is 0 Å². The fourth-order valence-electron chi connectivity index (χ4n) is 4.59. The number of anilines is 1. The van der Waals surface area contributed by atoms with Crippen LogP contribution in [0.5, 0.6) is 0 Å². The number of fused-ring (bicyclic) bond motifs is 1. The topological polar surface area (TPSA) is 21.1 Å². The normalized spacial score (nSPS) is 16.5. The molecule has 1 aliphatic rings. The molecule has 1 unspecified atom stereocenters. The van der Waals surface area contributed by atoms with E-state index in [2.05, 4.69) is 134 Å². The Bertz CT molecular complexity index is 1230. The van der Waals surface area contributed by atoms with Crippen molar-refractivity contribution in [2.24, 2.45) is 13.0 Å². The lowest BCUT2D eigenvalue weighted by Gasteiger charge is -2.34. The molecule has 4 aromatic rings. The summed E-state index contributed by atoms with van der Waals surface area (Å²) in [5, 5.41) is 4.29. The zero-order chi connectivity index (χ0) is 22.1. The van der Waals surface area contributed by atoms with Gasteiger partial charge in [0.25, 0.3) is 0 Å². The molecule has 0 bridgehead atoms. The minimum atomic E-state index is -0.600. The Morgan fingerprint density at radius 2 is 1.47 bits per heavy atom. The number of nitrogens with zero attached hydrogens (tertiary/aromatic N) is 3. The SMILES string of the molecule is C[C@H](C1C=CC=C1P(c1ccccc1)c1ccccc1)N(C)c1nc2ccccc2n1C. The molecule has 0 amide bonds. The molecule has 0 radical (unpaired) electrons. The van der Waals surface area contributed by atoms with Crippen molar-refractivity contribution in [1.82, 2.24) is 9.55 Å². The number of aryl methyl sites for hydroxylation is 1. The summed E-state index contributed by atoms with van der Waals surface area (Å²) in [6.45, 7) is 2.32. The van der Waals surface area contributed by atoms with E-state index in [-0.39, 0.29) is 6.04 Å². The van der Waals surface area contributed by atoms with Gasteiger partial charge in [-0.2, -0.15) is 0 Å². The number of hydrogen-bond donors (Lipinski definition) is 0. The molecule has 3 aromatic carbocycles. The van der Waals surface area contributed by atoms with Crippen LogP contribution in [0.4, 0.5) is 5.95 Å². The Labute approximate surface area is 191 Å². The molecule has 0 saturated heterocycles. The minimum Gasteiger partial charge on any atom is -0.342 e. The summed E-state index contributed by atoms with van der Waals surface area (Å²) in [7, 11) is 3.68. The first kappa shape index (κ1) is 20.7. The van der Waals surface area contributed by atoms with E-state index in [4.69, 9.17) is 4.98 Å². The Morgan fingerprint density at radius 1 is 0.875 bits per heavy atom. The maximum absolute atomic E-state index is 4.94. The quantitative estimate of drug-likeness (QED) is 0.366. The number of para-hydroxylation sites is 2. The second-order valence-corrected chi connectivity index (χ2v) is 10.5. The predicted octanol–water partition coefficient (Wildman–Crippen LogP) is 5.60. The molecule has 1 aromatic heterocycles. The van der Waals surface area contributed by atoms with E-state index in [1.807, 2.05) is 0 Å². The van der Waals surface area contributed by atoms with E-state index in [0.29, 0.717) is 5.92 Å². The van der Waals surface area contributed by atoms with Crippen LogP contribution in [-0.2, 0) is 7.05 Å². The summed E-state index contributed by atoms with van der Waals surface area (Å²) in [6, 6.07) is 30.5. The highest BCUT2D eigenvalue weighted by atomic mass is 31.1. The molecule has 5 rings (SSSR count). The van der Waals surface area contributed by atoms with Crippen LogP contribution < -0.4 is 15.5 Å². The van der Waals surface area contributed by atoms with Gasteiger partial charge in [0.05, 0.1) is 11.0 Å². The summed E-state index contributed by atoms with van der Waals surface area (Å²) in [6.07, 6.45) is 6.94. The van der Waals surface area contributed by atoms with Gasteiger partial charge in [0.1, 0.15) is 0 Å². The summed E-state index contributed by atoms with van der Waals surface area (Å²) >= 11 is 0. The number of aromatic nitrogens is 2. The highest BCUT2D eigenvalue weighted by Gasteiger charge is 2.32. The third kappa shape index (κ3) is 3.67. The molecule has 1 heterocycles. The van der Waals surface area contributed by atoms with Crippen LogP contribution in [-0.4, -0.2) is 22.6 Å². The molecule has 2 atom stereocenters. The lowest BCUT2D eigenvalue weighted by molar-refractivity contribution is 0.579. The van der Waals surface area contributed by atoms with Crippen LogP contribution >= 0.6 is 7.92 Å². The van der Waals surface area contributed by atoms with Gasteiger partial charge in [-0.3, -0.25) is 0 Å². The zero-order valence-corrected chi connectivity index (χ0v) is 19.7. The number of rotatable bonds is 6. The van der Waals surface area contributed by atoms with Gasteiger partial charge in [-0.05, 0) is 42.9 Å². The summed E-state index contributed by atoms with van der Waals surface area (Å²) in [5.74, 6) is 1.33. The molecule has 0 spiro atoms. The number of hydrogen-bond acceptors (Lipinski definition) is 2. The van der Waals surface area contributed by atoms with Crippen LogP contribution in [0.1, 0.15) is 6.92 Å². The molecular weight excluding hydrogens is 409 g/mol. The lowest BCUT2D eigenvalue weighted by Crippen LogP contribution is -2.37. The number of allylic oxidation sites excluding steroid dienone is 2. The monoisotopic (exact) mass is 437 g/mol. The second kappa shape index (κ2) is 8.76. The largest absolute Gasteiger partial charge is 0.342 e. The first-order valence-corrected chi connectivity index (χ1v) is 12.4. The molecule has 0 saturated carbocycles. The Hall–Kier alpha value is -3.16. The molecule has 160 valence electrons. The van der Waals surface area contributed by atoms with Gasteiger partial charge >= 0.3 is 0 Å². The average molecular weight is 438 g/mol. The lowest BCUT2D eigenvalue weighted by atomic mass is 10.0. The van der Waals surface area contributed by atoms with E-state index in [0.717, 1.165) is 17.0 Å². The first-order chi connectivity index (χ1) is 15.6. The Balaban J connectivity index is 1.51. The van der Waals surface area contributed by atoms with Crippen molar-refractivity contribution in [2.45, 2.75) is 13.0 Å². The van der Waals surface area contributed by atoms with Crippen LogP contribution in [0.25, 0.3) is 11.0 Å². The first-order valence-electron chi connectivity index (χ1n) is 11.1. The molecule has 0 N–H and O–H groups in total. The van der Waals surface area contributed by atoms with Crippen molar-refractivity contribution in [2.75, 3.05) is 11.9 Å². The molecule has 1 aliphatic carbocycles. The van der Waals surface area contributed by atoms with Gasteiger partial charge in [-0.25, -0.2) is 4.98 Å². The molecule has 0 aliphatic heterocycles. The smallest absolute Gasteiger partial charge is 0.206 e. The molecule has 3 nitrogen and oxygen atoms in total. The summed E-state index contributed by atoms with van der Waals surface area (Å²) in [4.78, 5) is 7.27. The standard InChI is InChI=1S/C28H28N3P/c1-21(30(2)28-29-25-18-10-11-19-26(25)31(28)3)24-17-12-20-27(24)32(22-13-6-4-7-14-22)23-15-8-5-9-16-23/h4-21,24H,1-3H3/t21-,24?/m1/s1. The van der Waals surface area contributed by atoms with Gasteiger partial charge in [0, 0.05) is 26.1 Å². The maximum Gasteiger partial charge on any atom is 0.206 e. The number of benzene rings is 3. The molecule has 32 heavy (non-hydrogen) atoms.